The number of hydrogen-bond acceptors (Lipinski definition) is 4. The van der Waals surface area contributed by atoms with Gasteiger partial charge in [-0.05, 0) is 42.0 Å². The summed E-state index contributed by atoms with van der Waals surface area (Å²) in [5, 5.41) is 2.19. The van der Waals surface area contributed by atoms with Gasteiger partial charge in [0.25, 0.3) is 0 Å². The van der Waals surface area contributed by atoms with E-state index in [1.165, 1.54) is 10.4 Å². The number of furan rings is 1. The number of hydrogen-bond donors (Lipinski definition) is 1. The van der Waals surface area contributed by atoms with Gasteiger partial charge in [-0.15, -0.1) is 11.3 Å². The summed E-state index contributed by atoms with van der Waals surface area (Å²) >= 11 is 1.87. The van der Waals surface area contributed by atoms with E-state index in [9.17, 15) is 0 Å². The molecule has 3 nitrogen and oxygen atoms in total. The number of nitrogens with two attached hydrogens (primary N) is 1. The normalized spacial score (nSPS) is 19.1. The fourth-order valence-electron chi connectivity index (χ4n) is 2.85. The molecular formula is C15H20N2OS. The zero-order valence-electron chi connectivity index (χ0n) is 11.2. The van der Waals surface area contributed by atoms with Crippen LogP contribution in [-0.4, -0.2) is 17.5 Å². The highest BCUT2D eigenvalue weighted by Gasteiger charge is 2.30. The van der Waals surface area contributed by atoms with E-state index in [0.717, 1.165) is 31.7 Å². The van der Waals surface area contributed by atoms with Crippen molar-refractivity contribution in [3.8, 4) is 0 Å². The first-order valence-corrected chi connectivity index (χ1v) is 7.76. The third kappa shape index (κ3) is 2.48. The first-order chi connectivity index (χ1) is 9.29. The van der Waals surface area contributed by atoms with Gasteiger partial charge in [-0.3, -0.25) is 4.90 Å². The maximum atomic E-state index is 6.34. The Labute approximate surface area is 118 Å². The van der Waals surface area contributed by atoms with Gasteiger partial charge in [0.2, 0.25) is 0 Å². The average molecular weight is 276 g/mol. The van der Waals surface area contributed by atoms with Crippen molar-refractivity contribution in [1.82, 2.24) is 4.90 Å². The van der Waals surface area contributed by atoms with Crippen molar-refractivity contribution >= 4 is 11.3 Å². The zero-order valence-corrected chi connectivity index (χ0v) is 12.0. The van der Waals surface area contributed by atoms with E-state index in [-0.39, 0.29) is 12.1 Å². The molecule has 2 aromatic rings. The van der Waals surface area contributed by atoms with Crippen LogP contribution in [0.1, 0.15) is 35.6 Å². The molecule has 1 aliphatic heterocycles. The van der Waals surface area contributed by atoms with Crippen molar-refractivity contribution in [3.05, 3.63) is 46.0 Å². The lowest BCUT2D eigenvalue weighted by molar-refractivity contribution is 0.134. The second kappa shape index (κ2) is 5.49. The van der Waals surface area contributed by atoms with Gasteiger partial charge in [0.1, 0.15) is 5.76 Å². The summed E-state index contributed by atoms with van der Waals surface area (Å²) in [6.45, 7) is 4.19. The van der Waals surface area contributed by atoms with Crippen molar-refractivity contribution in [1.29, 1.82) is 0 Å². The minimum absolute atomic E-state index is 0.117. The van der Waals surface area contributed by atoms with E-state index in [0.29, 0.717) is 0 Å². The molecule has 0 aliphatic carbocycles. The molecular weight excluding hydrogens is 256 g/mol. The average Bonchev–Trinajstić information content (AvgIpc) is 3.08. The Morgan fingerprint density at radius 2 is 2.37 bits per heavy atom. The fraction of sp³-hybridized carbons (Fsp3) is 0.467. The molecule has 102 valence electrons. The van der Waals surface area contributed by atoms with Crippen molar-refractivity contribution in [2.45, 2.75) is 38.4 Å². The van der Waals surface area contributed by atoms with E-state index in [1.54, 1.807) is 6.26 Å². The molecule has 0 spiro atoms. The van der Waals surface area contributed by atoms with Crippen LogP contribution in [0.2, 0.25) is 0 Å². The molecule has 0 radical (unpaired) electrons. The van der Waals surface area contributed by atoms with Gasteiger partial charge in [-0.1, -0.05) is 6.92 Å². The molecule has 19 heavy (non-hydrogen) atoms. The fourth-order valence-corrected chi connectivity index (χ4v) is 3.74. The predicted molar refractivity (Wildman–Crippen MR) is 78.1 cm³/mol. The molecule has 3 rings (SSSR count). The second-order valence-electron chi connectivity index (χ2n) is 5.12. The van der Waals surface area contributed by atoms with Crippen LogP contribution in [0.3, 0.4) is 0 Å². The van der Waals surface area contributed by atoms with Crippen molar-refractivity contribution < 1.29 is 4.42 Å². The summed E-state index contributed by atoms with van der Waals surface area (Å²) in [4.78, 5) is 3.99. The molecule has 2 aromatic heterocycles. The van der Waals surface area contributed by atoms with E-state index >= 15 is 0 Å². The lowest BCUT2D eigenvalue weighted by Crippen LogP contribution is -2.42. The van der Waals surface area contributed by atoms with E-state index in [1.807, 2.05) is 23.5 Å². The Bertz CT molecular complexity index is 520. The van der Waals surface area contributed by atoms with Gasteiger partial charge in [0.15, 0.2) is 0 Å². The molecule has 3 heterocycles. The topological polar surface area (TPSA) is 42.4 Å². The molecule has 0 saturated carbocycles. The Hall–Kier alpha value is -1.10. The van der Waals surface area contributed by atoms with Crippen LogP contribution in [0.4, 0.5) is 0 Å². The first kappa shape index (κ1) is 12.9. The maximum Gasteiger partial charge on any atom is 0.122 e. The van der Waals surface area contributed by atoms with Crippen LogP contribution in [0.5, 0.6) is 0 Å². The molecule has 0 saturated heterocycles. The minimum atomic E-state index is 0.117. The molecule has 1 aliphatic rings. The number of fused-ring (bicyclic) bond motifs is 1. The van der Waals surface area contributed by atoms with E-state index in [4.69, 9.17) is 10.2 Å². The van der Waals surface area contributed by atoms with Crippen LogP contribution >= 0.6 is 11.3 Å². The predicted octanol–water partition coefficient (Wildman–Crippen LogP) is 3.18. The Balaban J connectivity index is 1.85. The summed E-state index contributed by atoms with van der Waals surface area (Å²) in [5.41, 5.74) is 7.79. The third-order valence-electron chi connectivity index (χ3n) is 3.94. The SMILES string of the molecule is CCC(N)C(c1ccco1)N1CCc2sccc2C1. The highest BCUT2D eigenvalue weighted by atomic mass is 32.1. The number of rotatable bonds is 4. The van der Waals surface area contributed by atoms with Crippen LogP contribution in [0.15, 0.2) is 34.3 Å². The molecule has 2 atom stereocenters. The quantitative estimate of drug-likeness (QED) is 0.932. The molecule has 0 amide bonds. The van der Waals surface area contributed by atoms with E-state index < -0.39 is 0 Å². The molecule has 2 unspecified atom stereocenters. The maximum absolute atomic E-state index is 6.34. The lowest BCUT2D eigenvalue weighted by atomic mass is 9.99. The summed E-state index contributed by atoms with van der Waals surface area (Å²) in [6.07, 6.45) is 3.82. The minimum Gasteiger partial charge on any atom is -0.468 e. The Morgan fingerprint density at radius 1 is 1.47 bits per heavy atom. The van der Waals surface area contributed by atoms with Gasteiger partial charge in [0.05, 0.1) is 12.3 Å². The standard InChI is InChI=1S/C15H20N2OS/c1-2-12(16)15(13-4-3-8-18-13)17-7-5-14-11(10-17)6-9-19-14/h3-4,6,8-9,12,15H,2,5,7,10,16H2,1H3. The van der Waals surface area contributed by atoms with E-state index in [2.05, 4.69) is 23.3 Å². The van der Waals surface area contributed by atoms with Crippen LogP contribution in [-0.2, 0) is 13.0 Å². The Morgan fingerprint density at radius 3 is 3.11 bits per heavy atom. The van der Waals surface area contributed by atoms with Gasteiger partial charge >= 0.3 is 0 Å². The van der Waals surface area contributed by atoms with Crippen LogP contribution in [0.25, 0.3) is 0 Å². The molecule has 0 fully saturated rings. The molecule has 2 N–H and O–H groups in total. The number of nitrogens with zero attached hydrogens (tertiary/aromatic N) is 1. The lowest BCUT2D eigenvalue weighted by Gasteiger charge is -2.36. The smallest absolute Gasteiger partial charge is 0.122 e. The van der Waals surface area contributed by atoms with Crippen molar-refractivity contribution in [2.24, 2.45) is 5.73 Å². The number of thiophene rings is 1. The molecule has 0 aromatic carbocycles. The first-order valence-electron chi connectivity index (χ1n) is 6.88. The highest BCUT2D eigenvalue weighted by Crippen LogP contribution is 2.32. The summed E-state index contributed by atoms with van der Waals surface area (Å²) in [6, 6.07) is 6.54. The van der Waals surface area contributed by atoms with Gasteiger partial charge in [0, 0.05) is 24.0 Å². The van der Waals surface area contributed by atoms with Crippen molar-refractivity contribution in [2.75, 3.05) is 6.54 Å². The highest BCUT2D eigenvalue weighted by molar-refractivity contribution is 7.10. The Kier molecular flexibility index (Phi) is 3.73. The largest absolute Gasteiger partial charge is 0.468 e. The van der Waals surface area contributed by atoms with Gasteiger partial charge < -0.3 is 10.2 Å². The monoisotopic (exact) mass is 276 g/mol. The zero-order chi connectivity index (χ0) is 13.2. The van der Waals surface area contributed by atoms with Crippen molar-refractivity contribution in [3.63, 3.8) is 0 Å². The summed E-state index contributed by atoms with van der Waals surface area (Å²) in [5.74, 6) is 0.994. The summed E-state index contributed by atoms with van der Waals surface area (Å²) < 4.78 is 5.62. The second-order valence-corrected chi connectivity index (χ2v) is 6.12. The van der Waals surface area contributed by atoms with Gasteiger partial charge in [-0.2, -0.15) is 0 Å². The van der Waals surface area contributed by atoms with Crippen LogP contribution < -0.4 is 5.73 Å². The molecule has 4 heteroatoms. The summed E-state index contributed by atoms with van der Waals surface area (Å²) in [7, 11) is 0. The van der Waals surface area contributed by atoms with Crippen LogP contribution in [0, 0.1) is 0 Å². The third-order valence-corrected chi connectivity index (χ3v) is 4.97. The van der Waals surface area contributed by atoms with Gasteiger partial charge in [-0.25, -0.2) is 0 Å². The molecule has 0 bridgehead atoms.